The number of rotatable bonds is 6. The maximum absolute atomic E-state index is 12.1. The van der Waals surface area contributed by atoms with Gasteiger partial charge >= 0.3 is 0 Å². The van der Waals surface area contributed by atoms with Crippen LogP contribution in [0.15, 0.2) is 0 Å². The van der Waals surface area contributed by atoms with Gasteiger partial charge in [-0.25, -0.2) is 12.7 Å². The maximum atomic E-state index is 12.1. The largest absolute Gasteiger partial charge is 0.299 e. The van der Waals surface area contributed by atoms with Crippen molar-refractivity contribution >= 4 is 21.6 Å². The number of hydrogen-bond donors (Lipinski definition) is 0. The van der Waals surface area contributed by atoms with Gasteiger partial charge in [-0.1, -0.05) is 0 Å². The smallest absolute Gasteiger partial charge is 0.214 e. The highest BCUT2D eigenvalue weighted by molar-refractivity contribution is 7.89. The van der Waals surface area contributed by atoms with E-state index in [0.29, 0.717) is 31.4 Å². The Labute approximate surface area is 115 Å². The molecule has 1 unspecified atom stereocenters. The summed E-state index contributed by atoms with van der Waals surface area (Å²) in [5.74, 6) is 0.804. The van der Waals surface area contributed by atoms with Gasteiger partial charge in [0.05, 0.1) is 5.75 Å². The fourth-order valence-corrected chi connectivity index (χ4v) is 4.68. The fourth-order valence-electron chi connectivity index (χ4n) is 2.88. The lowest BCUT2D eigenvalue weighted by molar-refractivity contribution is 0.251. The zero-order chi connectivity index (χ0) is 13.0. The van der Waals surface area contributed by atoms with Gasteiger partial charge in [0, 0.05) is 25.0 Å². The minimum atomic E-state index is -3.05. The predicted molar refractivity (Wildman–Crippen MR) is 74.5 cm³/mol. The first-order valence-electron chi connectivity index (χ1n) is 6.91. The molecule has 0 amide bonds. The number of alkyl halides is 1. The van der Waals surface area contributed by atoms with Gasteiger partial charge in [0.1, 0.15) is 0 Å². The van der Waals surface area contributed by atoms with Crippen molar-refractivity contribution in [2.45, 2.75) is 38.1 Å². The zero-order valence-electron chi connectivity index (χ0n) is 10.9. The van der Waals surface area contributed by atoms with E-state index in [1.807, 2.05) is 0 Å². The molecule has 0 bridgehead atoms. The third kappa shape index (κ3) is 3.59. The van der Waals surface area contributed by atoms with Crippen LogP contribution < -0.4 is 0 Å². The van der Waals surface area contributed by atoms with Crippen molar-refractivity contribution in [2.75, 3.05) is 37.8 Å². The third-order valence-electron chi connectivity index (χ3n) is 3.96. The van der Waals surface area contributed by atoms with Gasteiger partial charge in [0.15, 0.2) is 0 Å². The van der Waals surface area contributed by atoms with Crippen LogP contribution in [0.3, 0.4) is 0 Å². The molecule has 0 spiro atoms. The van der Waals surface area contributed by atoms with Crippen molar-refractivity contribution < 1.29 is 8.42 Å². The van der Waals surface area contributed by atoms with Crippen molar-refractivity contribution in [3.63, 3.8) is 0 Å². The highest BCUT2D eigenvalue weighted by Crippen LogP contribution is 2.22. The summed E-state index contributed by atoms with van der Waals surface area (Å²) < 4.78 is 25.9. The van der Waals surface area contributed by atoms with Crippen LogP contribution >= 0.6 is 11.6 Å². The third-order valence-corrected chi connectivity index (χ3v) is 6.15. The number of hydrogen-bond acceptors (Lipinski definition) is 3. The number of unbranched alkanes of at least 4 members (excludes halogenated alkanes) is 1. The van der Waals surface area contributed by atoms with Crippen LogP contribution in [0.25, 0.3) is 0 Å². The van der Waals surface area contributed by atoms with Crippen LogP contribution in [0.5, 0.6) is 0 Å². The molecule has 2 heterocycles. The second-order valence-electron chi connectivity index (χ2n) is 5.26. The van der Waals surface area contributed by atoms with Crippen LogP contribution in [-0.2, 0) is 10.0 Å². The number of sulfonamides is 1. The monoisotopic (exact) mass is 294 g/mol. The standard InChI is InChI=1S/C12H23ClN2O2S/c13-6-1-4-10-18(16,17)15-9-5-12(11-15)14-7-2-3-8-14/h12H,1-11H2. The Morgan fingerprint density at radius 2 is 1.83 bits per heavy atom. The Kier molecular flexibility index (Phi) is 5.30. The molecule has 0 aromatic rings. The summed E-state index contributed by atoms with van der Waals surface area (Å²) in [5, 5.41) is 0. The molecule has 2 aliphatic heterocycles. The van der Waals surface area contributed by atoms with Crippen LogP contribution in [0.1, 0.15) is 32.1 Å². The van der Waals surface area contributed by atoms with E-state index < -0.39 is 10.0 Å². The summed E-state index contributed by atoms with van der Waals surface area (Å²) in [4.78, 5) is 2.45. The Hall–Kier alpha value is 0.160. The normalized spacial score (nSPS) is 27.1. The molecule has 18 heavy (non-hydrogen) atoms. The van der Waals surface area contributed by atoms with E-state index in [0.717, 1.165) is 25.9 Å². The molecule has 0 aromatic carbocycles. The van der Waals surface area contributed by atoms with Gasteiger partial charge in [-0.2, -0.15) is 0 Å². The van der Waals surface area contributed by atoms with E-state index >= 15 is 0 Å². The molecule has 2 saturated heterocycles. The minimum Gasteiger partial charge on any atom is -0.299 e. The quantitative estimate of drug-likeness (QED) is 0.551. The number of nitrogens with zero attached hydrogens (tertiary/aromatic N) is 2. The Morgan fingerprint density at radius 1 is 1.11 bits per heavy atom. The first-order chi connectivity index (χ1) is 8.63. The molecule has 6 heteroatoms. The summed E-state index contributed by atoms with van der Waals surface area (Å²) in [6, 6.07) is 0.454. The number of halogens is 1. The van der Waals surface area contributed by atoms with Crippen molar-refractivity contribution in [1.29, 1.82) is 0 Å². The van der Waals surface area contributed by atoms with Crippen LogP contribution in [0.2, 0.25) is 0 Å². The predicted octanol–water partition coefficient (Wildman–Crippen LogP) is 1.51. The van der Waals surface area contributed by atoms with Crippen molar-refractivity contribution in [3.8, 4) is 0 Å². The summed E-state index contributed by atoms with van der Waals surface area (Å²) in [6.45, 7) is 3.68. The second-order valence-corrected chi connectivity index (χ2v) is 7.72. The molecule has 2 rings (SSSR count). The molecule has 0 N–H and O–H groups in total. The average molecular weight is 295 g/mol. The molecule has 4 nitrogen and oxygen atoms in total. The topological polar surface area (TPSA) is 40.6 Å². The average Bonchev–Trinajstić information content (AvgIpc) is 3.00. The first-order valence-corrected chi connectivity index (χ1v) is 9.06. The Balaban J connectivity index is 1.83. The molecule has 0 radical (unpaired) electrons. The lowest BCUT2D eigenvalue weighted by Crippen LogP contribution is -2.37. The highest BCUT2D eigenvalue weighted by atomic mass is 35.5. The number of likely N-dealkylation sites (tertiary alicyclic amines) is 1. The SMILES string of the molecule is O=S(=O)(CCCCCl)N1CCC(N2CCCC2)C1. The summed E-state index contributed by atoms with van der Waals surface area (Å²) >= 11 is 5.58. The zero-order valence-corrected chi connectivity index (χ0v) is 12.4. The molecular formula is C12H23ClN2O2S. The highest BCUT2D eigenvalue weighted by Gasteiger charge is 2.34. The summed E-state index contributed by atoms with van der Waals surface area (Å²) in [6.07, 6.45) is 4.98. The van der Waals surface area contributed by atoms with E-state index in [2.05, 4.69) is 4.90 Å². The molecule has 2 fully saturated rings. The van der Waals surface area contributed by atoms with Crippen LogP contribution in [0.4, 0.5) is 0 Å². The van der Waals surface area contributed by atoms with Gasteiger partial charge in [-0.05, 0) is 45.2 Å². The Morgan fingerprint density at radius 3 is 2.50 bits per heavy atom. The van der Waals surface area contributed by atoms with E-state index in [1.165, 1.54) is 12.8 Å². The molecule has 2 aliphatic rings. The fraction of sp³-hybridized carbons (Fsp3) is 1.00. The molecule has 0 aromatic heterocycles. The van der Waals surface area contributed by atoms with Gasteiger partial charge in [0.25, 0.3) is 0 Å². The van der Waals surface area contributed by atoms with Crippen LogP contribution in [-0.4, -0.2) is 61.5 Å². The van der Waals surface area contributed by atoms with Crippen molar-refractivity contribution in [2.24, 2.45) is 0 Å². The van der Waals surface area contributed by atoms with Crippen molar-refractivity contribution in [3.05, 3.63) is 0 Å². The second kappa shape index (κ2) is 6.55. The Bertz CT molecular complexity index is 355. The van der Waals surface area contributed by atoms with Gasteiger partial charge in [-0.15, -0.1) is 11.6 Å². The van der Waals surface area contributed by atoms with Crippen LogP contribution in [0, 0.1) is 0 Å². The van der Waals surface area contributed by atoms with Gasteiger partial charge in [-0.3, -0.25) is 4.90 Å². The van der Waals surface area contributed by atoms with E-state index in [4.69, 9.17) is 11.6 Å². The molecular weight excluding hydrogens is 272 g/mol. The summed E-state index contributed by atoms with van der Waals surface area (Å²) in [5.41, 5.74) is 0. The minimum absolute atomic E-state index is 0.256. The summed E-state index contributed by atoms with van der Waals surface area (Å²) in [7, 11) is -3.05. The lowest BCUT2D eigenvalue weighted by atomic mass is 10.2. The van der Waals surface area contributed by atoms with E-state index in [9.17, 15) is 8.42 Å². The first kappa shape index (κ1) is 14.6. The van der Waals surface area contributed by atoms with Crippen molar-refractivity contribution in [1.82, 2.24) is 9.21 Å². The lowest BCUT2D eigenvalue weighted by Gasteiger charge is -2.23. The molecule has 0 saturated carbocycles. The van der Waals surface area contributed by atoms with E-state index in [1.54, 1.807) is 4.31 Å². The molecule has 0 aliphatic carbocycles. The van der Waals surface area contributed by atoms with Gasteiger partial charge in [0.2, 0.25) is 10.0 Å². The maximum Gasteiger partial charge on any atom is 0.214 e. The van der Waals surface area contributed by atoms with Gasteiger partial charge < -0.3 is 0 Å². The molecule has 1 atom stereocenters. The van der Waals surface area contributed by atoms with E-state index in [-0.39, 0.29) is 5.75 Å². The molecule has 106 valence electrons.